The molecule has 0 fully saturated rings. The lowest BCUT2D eigenvalue weighted by molar-refractivity contribution is 0.0644. The molecule has 0 unspecified atom stereocenters. The molecule has 3 heteroatoms. The Kier molecular flexibility index (Phi) is 2.41. The maximum Gasteiger partial charge on any atom is 0.339 e. The van der Waals surface area contributed by atoms with Gasteiger partial charge < -0.3 is 9.84 Å². The van der Waals surface area contributed by atoms with Crippen LogP contribution in [0.5, 0.6) is 5.75 Å². The van der Waals surface area contributed by atoms with E-state index in [2.05, 4.69) is 0 Å². The first-order valence-corrected chi connectivity index (χ1v) is 5.45. The van der Waals surface area contributed by atoms with Gasteiger partial charge in [0.25, 0.3) is 0 Å². The summed E-state index contributed by atoms with van der Waals surface area (Å²) >= 11 is 0. The summed E-state index contributed by atoms with van der Waals surface area (Å²) in [4.78, 5) is 11.2. The van der Waals surface area contributed by atoms with Crippen molar-refractivity contribution >= 4 is 5.97 Å². The van der Waals surface area contributed by atoms with Crippen LogP contribution >= 0.6 is 0 Å². The molecule has 1 aromatic rings. The smallest absolute Gasteiger partial charge is 0.339 e. The molecule has 0 amide bonds. The fourth-order valence-corrected chi connectivity index (χ4v) is 2.08. The number of carboxylic acid groups (broad SMARTS) is 1. The summed E-state index contributed by atoms with van der Waals surface area (Å²) < 4.78 is 5.79. The summed E-state index contributed by atoms with van der Waals surface area (Å²) in [5.41, 5.74) is 1.99. The van der Waals surface area contributed by atoms with Crippen LogP contribution in [0.1, 0.15) is 41.8 Å². The Morgan fingerprint density at radius 2 is 2.12 bits per heavy atom. The molecule has 0 spiro atoms. The van der Waals surface area contributed by atoms with Crippen LogP contribution in [0.4, 0.5) is 0 Å². The molecule has 1 N–H and O–H groups in total. The van der Waals surface area contributed by atoms with Gasteiger partial charge in [-0.3, -0.25) is 0 Å². The molecule has 0 atom stereocenters. The zero-order valence-corrected chi connectivity index (χ0v) is 9.83. The van der Waals surface area contributed by atoms with Crippen molar-refractivity contribution in [3.63, 3.8) is 0 Å². The Morgan fingerprint density at radius 3 is 2.75 bits per heavy atom. The predicted octanol–water partition coefficient (Wildman–Crippen LogP) is 2.80. The third-order valence-electron chi connectivity index (χ3n) is 2.92. The maximum absolute atomic E-state index is 11.2. The fraction of sp³-hybridized carbons (Fsp3) is 0.462. The molecule has 0 bridgehead atoms. The summed E-state index contributed by atoms with van der Waals surface area (Å²) in [6.07, 6.45) is 1.80. The van der Waals surface area contributed by atoms with Crippen LogP contribution in [-0.4, -0.2) is 16.7 Å². The van der Waals surface area contributed by atoms with Crippen molar-refractivity contribution < 1.29 is 14.6 Å². The highest BCUT2D eigenvalue weighted by atomic mass is 16.5. The fourth-order valence-electron chi connectivity index (χ4n) is 2.08. The van der Waals surface area contributed by atoms with Crippen molar-refractivity contribution in [2.45, 2.75) is 39.2 Å². The minimum Gasteiger partial charge on any atom is -0.487 e. The number of fused-ring (bicyclic) bond motifs is 1. The van der Waals surface area contributed by atoms with E-state index in [1.54, 1.807) is 6.07 Å². The molecular weight excluding hydrogens is 204 g/mol. The van der Waals surface area contributed by atoms with Gasteiger partial charge in [0.15, 0.2) is 0 Å². The molecule has 1 aromatic carbocycles. The van der Waals surface area contributed by atoms with Gasteiger partial charge in [-0.1, -0.05) is 6.07 Å². The standard InChI is InChI=1S/C13H16O3/c1-8-6-9-4-5-13(2,3)16-11(9)10(7-8)12(14)15/h6-7H,4-5H2,1-3H3,(H,14,15). The first kappa shape index (κ1) is 11.0. The molecule has 0 saturated carbocycles. The minimum absolute atomic E-state index is 0.271. The Balaban J connectivity index is 2.56. The number of aromatic carboxylic acids is 1. The second-order valence-electron chi connectivity index (χ2n) is 4.97. The number of carboxylic acids is 1. The second-order valence-corrected chi connectivity index (χ2v) is 4.97. The zero-order chi connectivity index (χ0) is 11.9. The highest BCUT2D eigenvalue weighted by molar-refractivity contribution is 5.91. The molecule has 1 heterocycles. The Morgan fingerprint density at radius 1 is 1.44 bits per heavy atom. The van der Waals surface area contributed by atoms with Gasteiger partial charge in [0, 0.05) is 0 Å². The van der Waals surface area contributed by atoms with E-state index >= 15 is 0 Å². The average molecular weight is 220 g/mol. The van der Waals surface area contributed by atoms with Gasteiger partial charge in [0.1, 0.15) is 16.9 Å². The SMILES string of the molecule is Cc1cc2c(c(C(=O)O)c1)OC(C)(C)CC2. The van der Waals surface area contributed by atoms with Gasteiger partial charge in [-0.15, -0.1) is 0 Å². The number of benzene rings is 1. The van der Waals surface area contributed by atoms with Gasteiger partial charge in [-0.25, -0.2) is 4.79 Å². The van der Waals surface area contributed by atoms with E-state index in [1.807, 2.05) is 26.8 Å². The highest BCUT2D eigenvalue weighted by Gasteiger charge is 2.30. The van der Waals surface area contributed by atoms with Crippen molar-refractivity contribution in [1.82, 2.24) is 0 Å². The molecule has 2 rings (SSSR count). The highest BCUT2D eigenvalue weighted by Crippen LogP contribution is 2.36. The summed E-state index contributed by atoms with van der Waals surface area (Å²) in [5.74, 6) is -0.369. The first-order valence-electron chi connectivity index (χ1n) is 5.45. The van der Waals surface area contributed by atoms with Crippen LogP contribution in [0.15, 0.2) is 12.1 Å². The van der Waals surface area contributed by atoms with Crippen molar-refractivity contribution in [3.05, 3.63) is 28.8 Å². The average Bonchev–Trinajstić information content (AvgIpc) is 2.16. The lowest BCUT2D eigenvalue weighted by Crippen LogP contribution is -2.33. The molecule has 0 radical (unpaired) electrons. The van der Waals surface area contributed by atoms with Crippen molar-refractivity contribution in [3.8, 4) is 5.75 Å². The van der Waals surface area contributed by atoms with Gasteiger partial charge in [-0.05, 0) is 50.8 Å². The summed E-state index contributed by atoms with van der Waals surface area (Å²) in [6, 6.07) is 3.68. The molecule has 1 aliphatic rings. The van der Waals surface area contributed by atoms with Crippen molar-refractivity contribution in [1.29, 1.82) is 0 Å². The Labute approximate surface area is 95.0 Å². The van der Waals surface area contributed by atoms with E-state index in [0.717, 1.165) is 24.0 Å². The van der Waals surface area contributed by atoms with Crippen LogP contribution in [-0.2, 0) is 6.42 Å². The number of hydrogen-bond donors (Lipinski definition) is 1. The topological polar surface area (TPSA) is 46.5 Å². The maximum atomic E-state index is 11.2. The van der Waals surface area contributed by atoms with Gasteiger partial charge in [0.05, 0.1) is 0 Å². The van der Waals surface area contributed by atoms with E-state index in [9.17, 15) is 4.79 Å². The second kappa shape index (κ2) is 3.51. The molecule has 3 nitrogen and oxygen atoms in total. The van der Waals surface area contributed by atoms with Crippen LogP contribution in [0.25, 0.3) is 0 Å². The summed E-state index contributed by atoms with van der Waals surface area (Å²) in [6.45, 7) is 5.88. The molecule has 86 valence electrons. The molecule has 0 saturated heterocycles. The van der Waals surface area contributed by atoms with E-state index in [-0.39, 0.29) is 11.2 Å². The normalized spacial score (nSPS) is 17.4. The molecule has 16 heavy (non-hydrogen) atoms. The van der Waals surface area contributed by atoms with E-state index < -0.39 is 5.97 Å². The Bertz CT molecular complexity index is 447. The van der Waals surface area contributed by atoms with Crippen molar-refractivity contribution in [2.75, 3.05) is 0 Å². The van der Waals surface area contributed by atoms with E-state index in [4.69, 9.17) is 9.84 Å². The third-order valence-corrected chi connectivity index (χ3v) is 2.92. The first-order chi connectivity index (χ1) is 7.39. The molecule has 0 aliphatic carbocycles. The minimum atomic E-state index is -0.919. The summed E-state index contributed by atoms with van der Waals surface area (Å²) in [7, 11) is 0. The number of aryl methyl sites for hydroxylation is 2. The van der Waals surface area contributed by atoms with E-state index in [1.165, 1.54) is 0 Å². The molecule has 1 aliphatic heterocycles. The molecule has 0 aromatic heterocycles. The zero-order valence-electron chi connectivity index (χ0n) is 9.83. The van der Waals surface area contributed by atoms with Crippen LogP contribution in [0.3, 0.4) is 0 Å². The summed E-state index contributed by atoms with van der Waals surface area (Å²) in [5, 5.41) is 9.16. The Hall–Kier alpha value is -1.51. The van der Waals surface area contributed by atoms with Crippen LogP contribution in [0.2, 0.25) is 0 Å². The number of hydrogen-bond acceptors (Lipinski definition) is 2. The number of carbonyl (C=O) groups is 1. The lowest BCUT2D eigenvalue weighted by atomic mass is 9.91. The van der Waals surface area contributed by atoms with Gasteiger partial charge in [-0.2, -0.15) is 0 Å². The third kappa shape index (κ3) is 1.90. The van der Waals surface area contributed by atoms with Gasteiger partial charge >= 0.3 is 5.97 Å². The molecular formula is C13H16O3. The largest absolute Gasteiger partial charge is 0.487 e. The van der Waals surface area contributed by atoms with Gasteiger partial charge in [0.2, 0.25) is 0 Å². The number of rotatable bonds is 1. The number of ether oxygens (including phenoxy) is 1. The van der Waals surface area contributed by atoms with Crippen LogP contribution in [0, 0.1) is 6.92 Å². The van der Waals surface area contributed by atoms with E-state index in [0.29, 0.717) is 5.75 Å². The monoisotopic (exact) mass is 220 g/mol. The predicted molar refractivity (Wildman–Crippen MR) is 61.2 cm³/mol. The lowest BCUT2D eigenvalue weighted by Gasteiger charge is -2.33. The van der Waals surface area contributed by atoms with Crippen molar-refractivity contribution in [2.24, 2.45) is 0 Å². The van der Waals surface area contributed by atoms with Crippen LogP contribution < -0.4 is 4.74 Å². The quantitative estimate of drug-likeness (QED) is 0.791.